The van der Waals surface area contributed by atoms with E-state index in [0.717, 1.165) is 0 Å². The molecule has 1 aliphatic carbocycles. The fourth-order valence-electron chi connectivity index (χ4n) is 7.40. The first kappa shape index (κ1) is 54.7. The van der Waals surface area contributed by atoms with E-state index in [0.29, 0.717) is 78.7 Å². The van der Waals surface area contributed by atoms with Gasteiger partial charge >= 0.3 is 65.1 Å². The molecule has 0 fully saturated rings. The topological polar surface area (TPSA) is 241 Å². The predicted molar refractivity (Wildman–Crippen MR) is 223 cm³/mol. The Kier molecular flexibility index (Phi) is 21.6. The number of rotatable bonds is 22. The van der Waals surface area contributed by atoms with Crippen molar-refractivity contribution in [1.29, 1.82) is 0 Å². The minimum absolute atomic E-state index is 0. The number of carboxylic acid groups (broad SMARTS) is 1. The fraction of sp³-hybridized carbons (Fsp3) is 0.475. The molecule has 2 heterocycles. The van der Waals surface area contributed by atoms with Crippen molar-refractivity contribution < 1.29 is 117 Å². The molecular weight excluding hydrogens is 873 g/mol. The van der Waals surface area contributed by atoms with Crippen LogP contribution in [-0.2, 0) is 45.0 Å². The van der Waals surface area contributed by atoms with Crippen LogP contribution >= 0.6 is 0 Å². The molecule has 0 spiro atoms. The van der Waals surface area contributed by atoms with E-state index >= 15 is 0 Å². The van der Waals surface area contributed by atoms with Crippen molar-refractivity contribution in [3.8, 4) is 11.3 Å². The summed E-state index contributed by atoms with van der Waals surface area (Å²) < 4.78 is 106. The third kappa shape index (κ3) is 15.4. The molecule has 1 unspecified atom stereocenters. The molecule has 21 heteroatoms. The van der Waals surface area contributed by atoms with Crippen LogP contribution in [0.4, 0.5) is 5.69 Å². The van der Waals surface area contributed by atoms with E-state index in [9.17, 15) is 43.9 Å². The summed E-state index contributed by atoms with van der Waals surface area (Å²) in [7, 11) is -10.9. The third-order valence-corrected chi connectivity index (χ3v) is 12.9. The maximum absolute atomic E-state index is 13.8. The number of hydrogen-bond acceptors (Lipinski definition) is 12. The second-order valence-electron chi connectivity index (χ2n) is 14.6. The van der Waals surface area contributed by atoms with Gasteiger partial charge in [0, 0.05) is 67.7 Å². The number of allylic oxidation sites excluding steroid dienone is 3. The fourth-order valence-corrected chi connectivity index (χ4v) is 9.06. The summed E-state index contributed by atoms with van der Waals surface area (Å²) in [6.45, 7) is 5.43. The normalized spacial score (nSPS) is 16.6. The minimum Gasteiger partial charge on any atom is -0.744 e. The van der Waals surface area contributed by atoms with Crippen molar-refractivity contribution in [2.45, 2.75) is 69.1 Å². The molecule has 0 saturated heterocycles. The molecule has 2 aliphatic heterocycles. The van der Waals surface area contributed by atoms with Gasteiger partial charge in [0.2, 0.25) is 5.36 Å². The first-order chi connectivity index (χ1) is 27.7. The van der Waals surface area contributed by atoms with Crippen molar-refractivity contribution >= 4 is 53.7 Å². The van der Waals surface area contributed by atoms with Gasteiger partial charge in [-0.25, -0.2) is 21.4 Å². The zero-order chi connectivity index (χ0) is 43.6. The van der Waals surface area contributed by atoms with Gasteiger partial charge in [-0.1, -0.05) is 18.6 Å². The molecule has 3 N–H and O–H groups in total. The van der Waals surface area contributed by atoms with Crippen molar-refractivity contribution in [1.82, 2.24) is 9.89 Å². The van der Waals surface area contributed by atoms with Crippen molar-refractivity contribution in [2.24, 2.45) is 0 Å². The largest absolute Gasteiger partial charge is 1.00 e. The Morgan fingerprint density at radius 1 is 1.00 bits per heavy atom. The summed E-state index contributed by atoms with van der Waals surface area (Å²) in [5, 5.41) is 12.5. The molecule has 1 aromatic carbocycles. The second-order valence-corrected chi connectivity index (χ2v) is 19.9. The van der Waals surface area contributed by atoms with Crippen LogP contribution in [0.3, 0.4) is 0 Å². The Bertz CT molecular complexity index is 2450. The molecule has 1 atom stereocenters. The van der Waals surface area contributed by atoms with E-state index in [1.807, 2.05) is 29.4 Å². The number of ether oxygens (including phenoxy) is 1. The predicted octanol–water partition coefficient (Wildman–Crippen LogP) is -2.11. The number of benzene rings is 2. The van der Waals surface area contributed by atoms with Gasteiger partial charge in [0.1, 0.15) is 33.0 Å². The molecule has 4 rings (SSSR count). The number of carboxylic acids is 1. The van der Waals surface area contributed by atoms with Gasteiger partial charge in [-0.05, 0) is 87.1 Å². The molecule has 61 heavy (non-hydrogen) atoms. The van der Waals surface area contributed by atoms with Gasteiger partial charge in [0.15, 0.2) is 11.3 Å². The third-order valence-electron chi connectivity index (χ3n) is 10.2. The van der Waals surface area contributed by atoms with E-state index in [2.05, 4.69) is 5.32 Å². The molecule has 0 bridgehead atoms. The van der Waals surface area contributed by atoms with Crippen molar-refractivity contribution in [3.63, 3.8) is 0 Å². The SMILES string of the molecule is CC[N+](CCCS(C)(=O)=O)=c1ccc2c(/C=C/C=C3/N(CCCCCC(=O)O)c4ccc(S(=O)(=O)[O-])cc4C3(C)CCCS(=O)(=O)O)ccoc-2c1C(=O)NCCOC.[Na+].[Na+]. The summed E-state index contributed by atoms with van der Waals surface area (Å²) in [5.41, 5.74) is 2.18. The molecule has 0 radical (unpaired) electrons. The Hall–Kier alpha value is -2.40. The Morgan fingerprint density at radius 2 is 1.72 bits per heavy atom. The van der Waals surface area contributed by atoms with Crippen molar-refractivity contribution in [2.75, 3.05) is 62.6 Å². The number of anilines is 1. The van der Waals surface area contributed by atoms with Crippen LogP contribution in [0.5, 0.6) is 0 Å². The summed E-state index contributed by atoms with van der Waals surface area (Å²) in [4.78, 5) is 26.4. The summed E-state index contributed by atoms with van der Waals surface area (Å²) in [5.74, 6) is -1.62. The first-order valence-corrected chi connectivity index (χ1v) is 24.3. The zero-order valence-corrected chi connectivity index (χ0v) is 42.1. The van der Waals surface area contributed by atoms with Crippen LogP contribution in [0.15, 0.2) is 69.8 Å². The van der Waals surface area contributed by atoms with Crippen LogP contribution in [-0.4, -0.2) is 109 Å². The number of sulfone groups is 1. The summed E-state index contributed by atoms with van der Waals surface area (Å²) >= 11 is 0. The van der Waals surface area contributed by atoms with Crippen LogP contribution in [0, 0.1) is 0 Å². The van der Waals surface area contributed by atoms with Gasteiger partial charge in [0.25, 0.3) is 16.0 Å². The van der Waals surface area contributed by atoms with Crippen LogP contribution in [0.1, 0.15) is 80.3 Å². The number of nitrogens with zero attached hydrogens (tertiary/aromatic N) is 2. The van der Waals surface area contributed by atoms with Crippen LogP contribution in [0.25, 0.3) is 17.4 Å². The molecule has 324 valence electrons. The molecule has 0 aromatic heterocycles. The number of amides is 1. The number of carbonyl (C=O) groups is 2. The number of carbonyl (C=O) groups excluding carboxylic acids is 1. The monoisotopic (exact) mass is 925 g/mol. The number of methoxy groups -OCH3 is 1. The van der Waals surface area contributed by atoms with Crippen LogP contribution < -0.4 is 79.3 Å². The van der Waals surface area contributed by atoms with Gasteiger partial charge in [0.05, 0.1) is 29.3 Å². The molecule has 16 nitrogen and oxygen atoms in total. The molecule has 0 saturated carbocycles. The van der Waals surface area contributed by atoms with Crippen molar-refractivity contribution in [3.05, 3.63) is 82.6 Å². The minimum atomic E-state index is -4.86. The number of nitrogens with one attached hydrogen (secondary N) is 1. The smallest absolute Gasteiger partial charge is 0.744 e. The average Bonchev–Trinajstić information content (AvgIpc) is 3.37. The zero-order valence-electron chi connectivity index (χ0n) is 35.7. The molecule has 1 aromatic rings. The van der Waals surface area contributed by atoms with E-state index < -0.39 is 58.0 Å². The Balaban J connectivity index is 0.00000641. The van der Waals surface area contributed by atoms with E-state index in [4.69, 9.17) is 14.3 Å². The van der Waals surface area contributed by atoms with E-state index in [1.54, 1.807) is 30.4 Å². The van der Waals surface area contributed by atoms with Gasteiger partial charge in [-0.3, -0.25) is 14.1 Å². The van der Waals surface area contributed by atoms with E-state index in [1.165, 1.54) is 37.8 Å². The number of unbranched alkanes of at least 4 members (excludes halogenated alkanes) is 2. The first-order valence-electron chi connectivity index (χ1n) is 19.2. The maximum Gasteiger partial charge on any atom is 1.00 e. The number of hydrogen-bond donors (Lipinski definition) is 3. The van der Waals surface area contributed by atoms with Gasteiger partial charge in [-0.2, -0.15) is 8.42 Å². The van der Waals surface area contributed by atoms with Gasteiger partial charge < -0.3 is 29.0 Å². The number of aliphatic carboxylic acids is 1. The average molecular weight is 926 g/mol. The maximum atomic E-state index is 13.8. The Morgan fingerprint density at radius 3 is 2.34 bits per heavy atom. The van der Waals surface area contributed by atoms with Gasteiger partial charge in [-0.15, -0.1) is 0 Å². The van der Waals surface area contributed by atoms with Crippen LogP contribution in [0.2, 0.25) is 0 Å². The summed E-state index contributed by atoms with van der Waals surface area (Å²) in [6.07, 6.45) is 10.0. The Labute approximate surface area is 402 Å². The van der Waals surface area contributed by atoms with E-state index in [-0.39, 0.29) is 109 Å². The molecular formula is C40H53N3Na2O13S3+2. The standard InChI is InChI=1S/C40H53N3O13S3.2Na/c1-5-42(22-11-26-57(4,47)48)34-18-16-31-29(19-24-56-38(31)37(34)39(46)41-21-25-55-3)12-9-13-35-40(2,20-10-27-58(49,50)51)32-28-30(59(52,53)54)15-17-33(32)43(35)23-8-6-7-14-36(44)45;;/h9,12-13,15-19,24,28H,5-8,10-11,14,20-23,25-27H2,1-4H3,(H3-,41,44,45,46,49,50,51,52,53,54);;/q;2*+1. The summed E-state index contributed by atoms with van der Waals surface area (Å²) in [6, 6.07) is 9.37. The second kappa shape index (κ2) is 24.0. The number of fused-ring (bicyclic) bond motifs is 2. The molecule has 1 amide bonds. The molecule has 3 aliphatic rings. The quantitative estimate of drug-likeness (QED) is 0.0423.